The Kier molecular flexibility index (Phi) is 3.33. The summed E-state index contributed by atoms with van der Waals surface area (Å²) >= 11 is 5.36. The molecule has 0 heterocycles. The summed E-state index contributed by atoms with van der Waals surface area (Å²) in [5.41, 5.74) is 1.96. The van der Waals surface area contributed by atoms with Crippen LogP contribution in [0, 0.1) is 0 Å². The molecule has 1 aromatic carbocycles. The van der Waals surface area contributed by atoms with Gasteiger partial charge in [-0.25, -0.2) is 0 Å². The van der Waals surface area contributed by atoms with E-state index >= 15 is 0 Å². The van der Waals surface area contributed by atoms with Gasteiger partial charge in [0.1, 0.15) is 0 Å². The van der Waals surface area contributed by atoms with Crippen molar-refractivity contribution in [1.82, 2.24) is 0 Å². The first-order valence-corrected chi connectivity index (χ1v) is 5.15. The molecule has 0 saturated heterocycles. The molecule has 0 radical (unpaired) electrons. The standard InChI is InChI=1S/C12H15ClO/c1-4-12(2,3)10-7-5-9(6-8-10)11(13)14/h5-8H,4H2,1-3H3. The summed E-state index contributed by atoms with van der Waals surface area (Å²) in [6, 6.07) is 7.50. The second-order valence-corrected chi connectivity index (χ2v) is 4.43. The van der Waals surface area contributed by atoms with Crippen molar-refractivity contribution in [1.29, 1.82) is 0 Å². The minimum absolute atomic E-state index is 0.161. The number of carbonyl (C=O) groups excluding carboxylic acids is 1. The SMILES string of the molecule is CCC(C)(C)c1ccc(C(=O)Cl)cc1. The lowest BCUT2D eigenvalue weighted by Gasteiger charge is -2.23. The van der Waals surface area contributed by atoms with Crippen molar-refractivity contribution in [3.8, 4) is 0 Å². The van der Waals surface area contributed by atoms with Crippen LogP contribution in [0.15, 0.2) is 24.3 Å². The molecule has 1 rings (SSSR count). The summed E-state index contributed by atoms with van der Waals surface area (Å²) in [6.07, 6.45) is 1.07. The highest BCUT2D eigenvalue weighted by Crippen LogP contribution is 2.26. The highest BCUT2D eigenvalue weighted by Gasteiger charge is 2.17. The zero-order valence-electron chi connectivity index (χ0n) is 8.80. The Morgan fingerprint density at radius 1 is 1.29 bits per heavy atom. The summed E-state index contributed by atoms with van der Waals surface area (Å²) in [5.74, 6) is 0. The molecule has 0 unspecified atom stereocenters. The minimum atomic E-state index is -0.397. The number of carbonyl (C=O) groups is 1. The van der Waals surface area contributed by atoms with Gasteiger partial charge in [-0.15, -0.1) is 0 Å². The van der Waals surface area contributed by atoms with Crippen molar-refractivity contribution in [3.63, 3.8) is 0 Å². The molecule has 0 amide bonds. The summed E-state index contributed by atoms with van der Waals surface area (Å²) in [4.78, 5) is 10.8. The maximum absolute atomic E-state index is 10.8. The van der Waals surface area contributed by atoms with E-state index in [9.17, 15) is 4.79 Å². The lowest BCUT2D eigenvalue weighted by molar-refractivity contribution is 0.108. The van der Waals surface area contributed by atoms with Gasteiger partial charge < -0.3 is 0 Å². The van der Waals surface area contributed by atoms with Gasteiger partial charge in [-0.1, -0.05) is 32.9 Å². The highest BCUT2D eigenvalue weighted by molar-refractivity contribution is 6.67. The summed E-state index contributed by atoms with van der Waals surface area (Å²) in [7, 11) is 0. The van der Waals surface area contributed by atoms with Gasteiger partial charge in [0, 0.05) is 5.56 Å². The second-order valence-electron chi connectivity index (χ2n) is 4.09. The van der Waals surface area contributed by atoms with Gasteiger partial charge in [-0.05, 0) is 41.1 Å². The first kappa shape index (κ1) is 11.3. The largest absolute Gasteiger partial charge is 0.276 e. The highest BCUT2D eigenvalue weighted by atomic mass is 35.5. The molecule has 0 spiro atoms. The molecule has 0 bridgehead atoms. The summed E-state index contributed by atoms with van der Waals surface area (Å²) < 4.78 is 0. The van der Waals surface area contributed by atoms with E-state index in [0.29, 0.717) is 5.56 Å². The van der Waals surface area contributed by atoms with Crippen LogP contribution in [0.4, 0.5) is 0 Å². The predicted molar refractivity (Wildman–Crippen MR) is 59.9 cm³/mol. The Bertz CT molecular complexity index is 325. The van der Waals surface area contributed by atoms with Crippen molar-refractivity contribution >= 4 is 16.8 Å². The van der Waals surface area contributed by atoms with E-state index < -0.39 is 5.24 Å². The normalized spacial score (nSPS) is 11.4. The third-order valence-electron chi connectivity index (χ3n) is 2.78. The average molecular weight is 211 g/mol. The van der Waals surface area contributed by atoms with E-state index in [1.165, 1.54) is 5.56 Å². The zero-order chi connectivity index (χ0) is 10.8. The summed E-state index contributed by atoms with van der Waals surface area (Å²) in [6.45, 7) is 6.52. The molecule has 2 heteroatoms. The molecule has 0 aliphatic rings. The molecule has 1 aromatic rings. The molecule has 76 valence electrons. The number of benzene rings is 1. The predicted octanol–water partition coefficient (Wildman–Crippen LogP) is 3.75. The Morgan fingerprint density at radius 2 is 1.79 bits per heavy atom. The smallest absolute Gasteiger partial charge is 0.252 e. The molecule has 0 aliphatic heterocycles. The Hall–Kier alpha value is -0.820. The Morgan fingerprint density at radius 3 is 2.14 bits per heavy atom. The van der Waals surface area contributed by atoms with E-state index in [0.717, 1.165) is 6.42 Å². The zero-order valence-corrected chi connectivity index (χ0v) is 9.56. The van der Waals surface area contributed by atoms with E-state index in [1.54, 1.807) is 12.1 Å². The lowest BCUT2D eigenvalue weighted by atomic mass is 9.82. The molecular weight excluding hydrogens is 196 g/mol. The van der Waals surface area contributed by atoms with Crippen LogP contribution in [0.3, 0.4) is 0 Å². The van der Waals surface area contributed by atoms with E-state index in [-0.39, 0.29) is 5.41 Å². The van der Waals surface area contributed by atoms with Crippen LogP contribution in [0.5, 0.6) is 0 Å². The number of halogens is 1. The van der Waals surface area contributed by atoms with Gasteiger partial charge in [-0.3, -0.25) is 4.79 Å². The van der Waals surface area contributed by atoms with Gasteiger partial charge in [0.15, 0.2) is 0 Å². The maximum atomic E-state index is 10.8. The number of hydrogen-bond donors (Lipinski definition) is 0. The molecule has 0 aromatic heterocycles. The van der Waals surface area contributed by atoms with Crippen LogP contribution in [0.2, 0.25) is 0 Å². The molecule has 0 aliphatic carbocycles. The third-order valence-corrected chi connectivity index (χ3v) is 3.00. The van der Waals surface area contributed by atoms with Crippen molar-refractivity contribution in [2.75, 3.05) is 0 Å². The minimum Gasteiger partial charge on any atom is -0.276 e. The van der Waals surface area contributed by atoms with Crippen LogP contribution in [0.1, 0.15) is 43.1 Å². The summed E-state index contributed by atoms with van der Waals surface area (Å²) in [5, 5.41) is -0.397. The van der Waals surface area contributed by atoms with Crippen LogP contribution < -0.4 is 0 Å². The molecule has 14 heavy (non-hydrogen) atoms. The van der Waals surface area contributed by atoms with Gasteiger partial charge in [0.25, 0.3) is 5.24 Å². The Balaban J connectivity index is 2.99. The first-order valence-electron chi connectivity index (χ1n) is 4.78. The van der Waals surface area contributed by atoms with Crippen LogP contribution in [-0.2, 0) is 5.41 Å². The van der Waals surface area contributed by atoms with Gasteiger partial charge >= 0.3 is 0 Å². The molecule has 0 fully saturated rings. The monoisotopic (exact) mass is 210 g/mol. The second kappa shape index (κ2) is 4.14. The maximum Gasteiger partial charge on any atom is 0.252 e. The number of hydrogen-bond acceptors (Lipinski definition) is 1. The van der Waals surface area contributed by atoms with Gasteiger partial charge in [0.05, 0.1) is 0 Å². The van der Waals surface area contributed by atoms with Crippen molar-refractivity contribution < 1.29 is 4.79 Å². The lowest BCUT2D eigenvalue weighted by Crippen LogP contribution is -2.15. The average Bonchev–Trinajstić information content (AvgIpc) is 2.18. The van der Waals surface area contributed by atoms with Gasteiger partial charge in [0.2, 0.25) is 0 Å². The molecule has 0 saturated carbocycles. The fourth-order valence-electron chi connectivity index (χ4n) is 1.26. The van der Waals surface area contributed by atoms with Gasteiger partial charge in [-0.2, -0.15) is 0 Å². The molecule has 0 N–H and O–H groups in total. The van der Waals surface area contributed by atoms with Crippen molar-refractivity contribution in [2.45, 2.75) is 32.6 Å². The van der Waals surface area contributed by atoms with E-state index in [2.05, 4.69) is 20.8 Å². The van der Waals surface area contributed by atoms with Crippen LogP contribution in [0.25, 0.3) is 0 Å². The van der Waals surface area contributed by atoms with Crippen molar-refractivity contribution in [2.24, 2.45) is 0 Å². The van der Waals surface area contributed by atoms with Crippen molar-refractivity contribution in [3.05, 3.63) is 35.4 Å². The molecule has 1 nitrogen and oxygen atoms in total. The number of rotatable bonds is 3. The first-order chi connectivity index (χ1) is 6.47. The quantitative estimate of drug-likeness (QED) is 0.695. The third kappa shape index (κ3) is 2.36. The van der Waals surface area contributed by atoms with Crippen LogP contribution >= 0.6 is 11.6 Å². The van der Waals surface area contributed by atoms with E-state index in [4.69, 9.17) is 11.6 Å². The topological polar surface area (TPSA) is 17.1 Å². The molecular formula is C12H15ClO. The fraction of sp³-hybridized carbons (Fsp3) is 0.417. The van der Waals surface area contributed by atoms with E-state index in [1.807, 2.05) is 12.1 Å². The fourth-order valence-corrected chi connectivity index (χ4v) is 1.38. The Labute approximate surface area is 90.1 Å². The molecule has 0 atom stereocenters. The van der Waals surface area contributed by atoms with Crippen LogP contribution in [-0.4, -0.2) is 5.24 Å².